The molecule has 5 rings (SSSR count). The van der Waals surface area contributed by atoms with Crippen molar-refractivity contribution >= 4 is 6.09 Å². The number of carbonyl (C=O) groups is 1. The highest BCUT2D eigenvalue weighted by Crippen LogP contribution is 2.60. The molecule has 8 nitrogen and oxygen atoms in total. The minimum atomic E-state index is -0.784. The summed E-state index contributed by atoms with van der Waals surface area (Å²) >= 11 is 0. The molecule has 3 unspecified atom stereocenters. The van der Waals surface area contributed by atoms with Gasteiger partial charge < -0.3 is 24.3 Å². The first-order valence-corrected chi connectivity index (χ1v) is 10.6. The fourth-order valence-electron chi connectivity index (χ4n) is 5.57. The Hall–Kier alpha value is -0.930. The van der Waals surface area contributed by atoms with Crippen LogP contribution in [0.4, 0.5) is 4.79 Å². The fourth-order valence-corrected chi connectivity index (χ4v) is 5.57. The van der Waals surface area contributed by atoms with Crippen LogP contribution in [0.3, 0.4) is 0 Å². The van der Waals surface area contributed by atoms with Crippen LogP contribution >= 0.6 is 0 Å². The monoisotopic (exact) mass is 399 g/mol. The first kappa shape index (κ1) is 20.3. The molecule has 5 fully saturated rings. The summed E-state index contributed by atoms with van der Waals surface area (Å²) in [7, 11) is 0. The van der Waals surface area contributed by atoms with Crippen LogP contribution in [-0.4, -0.2) is 49.8 Å². The smallest absolute Gasteiger partial charge is 0.407 e. The van der Waals surface area contributed by atoms with Crippen LogP contribution in [0.5, 0.6) is 0 Å². The van der Waals surface area contributed by atoms with Crippen molar-refractivity contribution in [1.29, 1.82) is 0 Å². The molecule has 0 radical (unpaired) electrons. The third-order valence-corrected chi connectivity index (χ3v) is 7.03. The SMILES string of the molecule is CCOC(=O)NCCOC1O[C@@H]2O[C@@]3(C)CCC4[C@H](C)CCC([C@H]1C)[C@]42OO3. The number of rotatable bonds is 5. The van der Waals surface area contributed by atoms with Gasteiger partial charge in [0.25, 0.3) is 0 Å². The third-order valence-electron chi connectivity index (χ3n) is 7.03. The Morgan fingerprint density at radius 1 is 1.18 bits per heavy atom. The van der Waals surface area contributed by atoms with Gasteiger partial charge in [0.05, 0.1) is 13.2 Å². The van der Waals surface area contributed by atoms with Gasteiger partial charge in [-0.1, -0.05) is 13.8 Å². The van der Waals surface area contributed by atoms with Gasteiger partial charge in [-0.15, -0.1) is 0 Å². The quantitative estimate of drug-likeness (QED) is 0.562. The molecule has 1 amide bonds. The predicted octanol–water partition coefficient (Wildman–Crippen LogP) is 2.96. The normalized spacial score (nSPS) is 47.1. The first-order valence-electron chi connectivity index (χ1n) is 10.6. The average molecular weight is 399 g/mol. The lowest BCUT2D eigenvalue weighted by molar-refractivity contribution is -0.577. The van der Waals surface area contributed by atoms with Gasteiger partial charge in [-0.05, 0) is 44.9 Å². The lowest BCUT2D eigenvalue weighted by Crippen LogP contribution is -2.70. The maximum absolute atomic E-state index is 11.4. The van der Waals surface area contributed by atoms with Gasteiger partial charge in [-0.2, -0.15) is 0 Å². The minimum absolute atomic E-state index is 0.128. The van der Waals surface area contributed by atoms with E-state index in [0.717, 1.165) is 25.7 Å². The van der Waals surface area contributed by atoms with E-state index in [1.54, 1.807) is 6.92 Å². The molecule has 5 aliphatic rings. The van der Waals surface area contributed by atoms with Gasteiger partial charge in [-0.3, -0.25) is 0 Å². The van der Waals surface area contributed by atoms with Gasteiger partial charge in [0.2, 0.25) is 5.79 Å². The molecule has 1 spiro atoms. The lowest BCUT2D eigenvalue weighted by atomic mass is 9.58. The Labute approximate surface area is 166 Å². The van der Waals surface area contributed by atoms with Gasteiger partial charge in [-0.25, -0.2) is 14.6 Å². The molecule has 0 aromatic rings. The highest BCUT2D eigenvalue weighted by molar-refractivity contribution is 5.66. The van der Waals surface area contributed by atoms with Crippen molar-refractivity contribution in [2.24, 2.45) is 23.7 Å². The first-order chi connectivity index (χ1) is 13.4. The van der Waals surface area contributed by atoms with Crippen molar-refractivity contribution < 1.29 is 33.5 Å². The highest BCUT2D eigenvalue weighted by atomic mass is 17.3. The largest absolute Gasteiger partial charge is 0.450 e. The van der Waals surface area contributed by atoms with Crippen molar-refractivity contribution in [2.45, 2.75) is 77.3 Å². The second kappa shape index (κ2) is 7.72. The summed E-state index contributed by atoms with van der Waals surface area (Å²) in [5.41, 5.74) is -0.573. The maximum Gasteiger partial charge on any atom is 0.407 e. The molecule has 8 atom stereocenters. The molecule has 1 N–H and O–H groups in total. The summed E-state index contributed by atoms with van der Waals surface area (Å²) in [5, 5.41) is 2.67. The number of hydrogen-bond donors (Lipinski definition) is 1. The number of amides is 1. The van der Waals surface area contributed by atoms with Gasteiger partial charge in [0.1, 0.15) is 0 Å². The van der Waals surface area contributed by atoms with E-state index in [4.69, 9.17) is 28.7 Å². The number of ether oxygens (including phenoxy) is 4. The molecular formula is C20H33NO7. The molecule has 8 heteroatoms. The molecular weight excluding hydrogens is 366 g/mol. The summed E-state index contributed by atoms with van der Waals surface area (Å²) in [6.07, 6.45) is 2.63. The van der Waals surface area contributed by atoms with Gasteiger partial charge >= 0.3 is 6.09 Å². The molecule has 160 valence electrons. The molecule has 1 aliphatic carbocycles. The Morgan fingerprint density at radius 2 is 2.00 bits per heavy atom. The van der Waals surface area contributed by atoms with Crippen molar-refractivity contribution in [1.82, 2.24) is 5.32 Å². The van der Waals surface area contributed by atoms with Crippen LogP contribution in [-0.2, 0) is 28.7 Å². The van der Waals surface area contributed by atoms with E-state index < -0.39 is 30.1 Å². The summed E-state index contributed by atoms with van der Waals surface area (Å²) in [4.78, 5) is 23.3. The number of carbonyl (C=O) groups excluding carboxylic acids is 1. The van der Waals surface area contributed by atoms with Crippen molar-refractivity contribution in [3.05, 3.63) is 0 Å². The molecule has 0 aromatic heterocycles. The van der Waals surface area contributed by atoms with E-state index in [9.17, 15) is 4.79 Å². The molecule has 2 bridgehead atoms. The Kier molecular flexibility index (Phi) is 5.61. The molecule has 4 saturated heterocycles. The zero-order chi connectivity index (χ0) is 19.9. The maximum atomic E-state index is 11.4. The van der Waals surface area contributed by atoms with E-state index >= 15 is 0 Å². The van der Waals surface area contributed by atoms with Crippen LogP contribution in [0.1, 0.15) is 53.4 Å². The van der Waals surface area contributed by atoms with Crippen LogP contribution in [0.2, 0.25) is 0 Å². The summed E-state index contributed by atoms with van der Waals surface area (Å²) in [6.45, 7) is 9.18. The lowest BCUT2D eigenvalue weighted by Gasteiger charge is -2.60. The van der Waals surface area contributed by atoms with E-state index in [-0.39, 0.29) is 11.8 Å². The van der Waals surface area contributed by atoms with E-state index in [0.29, 0.717) is 31.6 Å². The highest BCUT2D eigenvalue weighted by Gasteiger charge is 2.69. The summed E-state index contributed by atoms with van der Waals surface area (Å²) in [5.74, 6) is 0.457. The number of hydrogen-bond acceptors (Lipinski definition) is 7. The van der Waals surface area contributed by atoms with Crippen molar-refractivity contribution in [3.8, 4) is 0 Å². The molecule has 1 saturated carbocycles. The molecule has 28 heavy (non-hydrogen) atoms. The standard InChI is InChI=1S/C20H33NO7/c1-5-23-18(22)21-10-11-24-16-13(3)15-7-6-12(2)14-8-9-19(4)26-17(25-16)20(14,15)28-27-19/h12-17H,5-11H2,1-4H3,(H,21,22)/t12-,13-,14?,15?,16?,17-,19-,20-/m1/s1. The van der Waals surface area contributed by atoms with Crippen molar-refractivity contribution in [2.75, 3.05) is 19.8 Å². The average Bonchev–Trinajstić information content (AvgIpc) is 2.89. The minimum Gasteiger partial charge on any atom is -0.450 e. The second-order valence-corrected chi connectivity index (χ2v) is 8.79. The van der Waals surface area contributed by atoms with Gasteiger partial charge in [0, 0.05) is 24.8 Å². The Morgan fingerprint density at radius 3 is 2.79 bits per heavy atom. The zero-order valence-electron chi connectivity index (χ0n) is 17.3. The fraction of sp³-hybridized carbons (Fsp3) is 0.950. The van der Waals surface area contributed by atoms with Crippen LogP contribution in [0, 0.1) is 23.7 Å². The molecule has 4 heterocycles. The molecule has 4 aliphatic heterocycles. The summed E-state index contributed by atoms with van der Waals surface area (Å²) in [6, 6.07) is 0. The van der Waals surface area contributed by atoms with Crippen LogP contribution < -0.4 is 5.32 Å². The third kappa shape index (κ3) is 3.33. The topological polar surface area (TPSA) is 84.5 Å². The Balaban J connectivity index is 1.46. The number of fused-ring (bicyclic) bond motifs is 2. The second-order valence-electron chi connectivity index (χ2n) is 8.79. The zero-order valence-corrected chi connectivity index (χ0v) is 17.3. The molecule has 0 aromatic carbocycles. The summed E-state index contributed by atoms with van der Waals surface area (Å²) < 4.78 is 23.5. The van der Waals surface area contributed by atoms with Crippen LogP contribution in [0.25, 0.3) is 0 Å². The number of nitrogens with one attached hydrogen (secondary N) is 1. The van der Waals surface area contributed by atoms with Crippen LogP contribution in [0.15, 0.2) is 0 Å². The number of alkyl carbamates (subject to hydrolysis) is 1. The van der Waals surface area contributed by atoms with E-state index in [1.807, 2.05) is 6.92 Å². The van der Waals surface area contributed by atoms with Gasteiger partial charge in [0.15, 0.2) is 18.2 Å². The van der Waals surface area contributed by atoms with E-state index in [1.165, 1.54) is 0 Å². The Bertz CT molecular complexity index is 589. The van der Waals surface area contributed by atoms with E-state index in [2.05, 4.69) is 19.2 Å². The van der Waals surface area contributed by atoms with Crippen molar-refractivity contribution in [3.63, 3.8) is 0 Å². The predicted molar refractivity (Wildman–Crippen MR) is 97.8 cm³/mol.